The summed E-state index contributed by atoms with van der Waals surface area (Å²) in [6.07, 6.45) is 1.57. The van der Waals surface area contributed by atoms with E-state index in [1.165, 1.54) is 0 Å². The lowest BCUT2D eigenvalue weighted by Gasteiger charge is -2.11. The molecule has 8 heteroatoms. The van der Waals surface area contributed by atoms with Crippen molar-refractivity contribution in [2.24, 2.45) is 0 Å². The maximum atomic E-state index is 11.7. The molecule has 0 saturated carbocycles. The van der Waals surface area contributed by atoms with Crippen molar-refractivity contribution in [3.05, 3.63) is 72.6 Å². The lowest BCUT2D eigenvalue weighted by Crippen LogP contribution is -2.06. The fourth-order valence-electron chi connectivity index (χ4n) is 3.34. The number of carbonyl (C=O) groups excluding carboxylic acids is 1. The van der Waals surface area contributed by atoms with E-state index in [-0.39, 0.29) is 5.69 Å². The zero-order valence-corrected chi connectivity index (χ0v) is 18.6. The number of hydrogen-bond acceptors (Lipinski definition) is 7. The van der Waals surface area contributed by atoms with E-state index in [2.05, 4.69) is 20.5 Å². The average molecular weight is 444 g/mol. The molecule has 4 rings (SSSR count). The van der Waals surface area contributed by atoms with Gasteiger partial charge in [0, 0.05) is 23.3 Å². The fourth-order valence-corrected chi connectivity index (χ4v) is 3.34. The number of benzene rings is 2. The number of hydrogen-bond donors (Lipinski definition) is 2. The van der Waals surface area contributed by atoms with Crippen LogP contribution < -0.4 is 14.8 Å². The van der Waals surface area contributed by atoms with Gasteiger partial charge in [0.1, 0.15) is 23.0 Å². The van der Waals surface area contributed by atoms with Crippen LogP contribution >= 0.6 is 0 Å². The van der Waals surface area contributed by atoms with Crippen LogP contribution in [0.2, 0.25) is 0 Å². The normalized spacial score (nSPS) is 10.5. The van der Waals surface area contributed by atoms with Gasteiger partial charge in [0.15, 0.2) is 0 Å². The Morgan fingerprint density at radius 3 is 2.42 bits per heavy atom. The molecule has 168 valence electrons. The number of nitrogens with zero attached hydrogens (tertiary/aromatic N) is 2. The van der Waals surface area contributed by atoms with Crippen molar-refractivity contribution in [3.8, 4) is 33.9 Å². The molecule has 0 aliphatic rings. The maximum Gasteiger partial charge on any atom is 0.356 e. The maximum absolute atomic E-state index is 11.7. The van der Waals surface area contributed by atoms with E-state index < -0.39 is 5.97 Å². The minimum atomic E-state index is -0.441. The van der Waals surface area contributed by atoms with E-state index in [1.807, 2.05) is 48.5 Å². The first-order valence-corrected chi connectivity index (χ1v) is 10.4. The van der Waals surface area contributed by atoms with Crippen molar-refractivity contribution >= 4 is 17.5 Å². The first-order chi connectivity index (χ1) is 16.1. The second kappa shape index (κ2) is 9.86. The van der Waals surface area contributed by atoms with E-state index in [9.17, 15) is 4.79 Å². The predicted octanol–water partition coefficient (Wildman–Crippen LogP) is 5.08. The average Bonchev–Trinajstić information content (AvgIpc) is 3.32. The number of pyridine rings is 1. The molecule has 4 aromatic rings. The topological polar surface area (TPSA) is 98.4 Å². The number of methoxy groups -OCH3 is 2. The minimum absolute atomic E-state index is 0.265. The molecule has 0 aliphatic heterocycles. The highest BCUT2D eigenvalue weighted by molar-refractivity contribution is 5.87. The molecule has 8 nitrogen and oxygen atoms in total. The summed E-state index contributed by atoms with van der Waals surface area (Å²) in [4.78, 5) is 15.9. The summed E-state index contributed by atoms with van der Waals surface area (Å²) < 4.78 is 15.7. The van der Waals surface area contributed by atoms with Crippen LogP contribution in [-0.4, -0.2) is 42.0 Å². The molecule has 0 fully saturated rings. The molecule has 0 atom stereocenters. The summed E-state index contributed by atoms with van der Waals surface area (Å²) in [5.41, 5.74) is 4.75. The number of ether oxygens (including phenoxy) is 3. The van der Waals surface area contributed by atoms with Crippen LogP contribution in [0.25, 0.3) is 22.4 Å². The Balaban J connectivity index is 1.47. The molecule has 2 aromatic heterocycles. The van der Waals surface area contributed by atoms with Crippen LogP contribution in [0.5, 0.6) is 11.5 Å². The summed E-state index contributed by atoms with van der Waals surface area (Å²) in [5.74, 6) is 1.76. The third-order valence-electron chi connectivity index (χ3n) is 5.01. The third-order valence-corrected chi connectivity index (χ3v) is 5.01. The van der Waals surface area contributed by atoms with E-state index in [4.69, 9.17) is 14.2 Å². The first-order valence-electron chi connectivity index (χ1n) is 10.4. The SMILES string of the molecule is CCOC(=O)c1ccc(Nc2cc(-c3ccc(-c4ccc(OC)cc4OC)cc3)n[nH]2)cn1. The van der Waals surface area contributed by atoms with Gasteiger partial charge in [-0.1, -0.05) is 24.3 Å². The molecule has 0 unspecified atom stereocenters. The summed E-state index contributed by atoms with van der Waals surface area (Å²) in [6.45, 7) is 2.07. The van der Waals surface area contributed by atoms with Crippen LogP contribution in [0.3, 0.4) is 0 Å². The number of aromatic amines is 1. The molecule has 33 heavy (non-hydrogen) atoms. The third kappa shape index (κ3) is 4.95. The van der Waals surface area contributed by atoms with Crippen molar-refractivity contribution in [2.45, 2.75) is 6.92 Å². The first kappa shape index (κ1) is 21.9. The number of rotatable bonds is 8. The number of nitrogens with one attached hydrogen (secondary N) is 2. The van der Waals surface area contributed by atoms with Gasteiger partial charge in [-0.3, -0.25) is 5.10 Å². The van der Waals surface area contributed by atoms with Crippen LogP contribution in [-0.2, 0) is 4.74 Å². The Labute approximate surface area is 191 Å². The minimum Gasteiger partial charge on any atom is -0.497 e. The summed E-state index contributed by atoms with van der Waals surface area (Å²) in [6, 6.07) is 19.1. The zero-order chi connectivity index (χ0) is 23.2. The Morgan fingerprint density at radius 2 is 1.76 bits per heavy atom. The van der Waals surface area contributed by atoms with Crippen LogP contribution in [0.1, 0.15) is 17.4 Å². The number of H-pyrrole nitrogens is 1. The van der Waals surface area contributed by atoms with Crippen molar-refractivity contribution in [1.82, 2.24) is 15.2 Å². The Kier molecular flexibility index (Phi) is 6.54. The summed E-state index contributed by atoms with van der Waals surface area (Å²) >= 11 is 0. The summed E-state index contributed by atoms with van der Waals surface area (Å²) in [5, 5.41) is 10.6. The highest BCUT2D eigenvalue weighted by atomic mass is 16.5. The standard InChI is InChI=1S/C25H24N4O4/c1-4-33-25(30)21-12-9-18(15-26-21)27-24-14-22(28-29-24)17-7-5-16(6-8-17)20-11-10-19(31-2)13-23(20)32-3/h5-15H,4H2,1-3H3,(H2,27,28,29). The molecule has 0 saturated heterocycles. The molecule has 0 radical (unpaired) electrons. The number of esters is 1. The largest absolute Gasteiger partial charge is 0.497 e. The van der Waals surface area contributed by atoms with E-state index in [0.29, 0.717) is 12.4 Å². The molecule has 0 amide bonds. The van der Waals surface area contributed by atoms with E-state index in [1.54, 1.807) is 39.5 Å². The van der Waals surface area contributed by atoms with Crippen molar-refractivity contribution < 1.29 is 19.0 Å². The molecule has 0 spiro atoms. The Morgan fingerprint density at radius 1 is 0.970 bits per heavy atom. The van der Waals surface area contributed by atoms with Gasteiger partial charge < -0.3 is 19.5 Å². The molecule has 2 heterocycles. The van der Waals surface area contributed by atoms with Gasteiger partial charge in [-0.15, -0.1) is 0 Å². The van der Waals surface area contributed by atoms with Gasteiger partial charge in [-0.25, -0.2) is 9.78 Å². The van der Waals surface area contributed by atoms with E-state index >= 15 is 0 Å². The number of carbonyl (C=O) groups is 1. The highest BCUT2D eigenvalue weighted by Gasteiger charge is 2.11. The van der Waals surface area contributed by atoms with Crippen LogP contribution in [0.15, 0.2) is 66.9 Å². The predicted molar refractivity (Wildman–Crippen MR) is 126 cm³/mol. The van der Waals surface area contributed by atoms with E-state index in [0.717, 1.165) is 39.6 Å². The number of aromatic nitrogens is 3. The fraction of sp³-hybridized carbons (Fsp3) is 0.160. The van der Waals surface area contributed by atoms with Crippen LogP contribution in [0, 0.1) is 0 Å². The smallest absolute Gasteiger partial charge is 0.356 e. The van der Waals surface area contributed by atoms with Crippen molar-refractivity contribution in [3.63, 3.8) is 0 Å². The molecular weight excluding hydrogens is 420 g/mol. The highest BCUT2D eigenvalue weighted by Crippen LogP contribution is 2.34. The number of anilines is 2. The van der Waals surface area contributed by atoms with Gasteiger partial charge in [0.05, 0.1) is 38.4 Å². The van der Waals surface area contributed by atoms with Gasteiger partial charge in [0.25, 0.3) is 0 Å². The molecule has 0 bridgehead atoms. The second-order valence-electron chi connectivity index (χ2n) is 7.09. The molecular formula is C25H24N4O4. The van der Waals surface area contributed by atoms with Crippen LogP contribution in [0.4, 0.5) is 11.5 Å². The van der Waals surface area contributed by atoms with Crippen molar-refractivity contribution in [1.29, 1.82) is 0 Å². The molecule has 2 aromatic carbocycles. The van der Waals surface area contributed by atoms with Gasteiger partial charge >= 0.3 is 5.97 Å². The van der Waals surface area contributed by atoms with Gasteiger partial charge in [-0.05, 0) is 36.8 Å². The monoisotopic (exact) mass is 444 g/mol. The van der Waals surface area contributed by atoms with Gasteiger partial charge in [-0.2, -0.15) is 5.10 Å². The lowest BCUT2D eigenvalue weighted by atomic mass is 10.0. The van der Waals surface area contributed by atoms with Crippen molar-refractivity contribution in [2.75, 3.05) is 26.1 Å². The Bertz CT molecular complexity index is 1230. The molecule has 2 N–H and O–H groups in total. The quantitative estimate of drug-likeness (QED) is 0.366. The summed E-state index contributed by atoms with van der Waals surface area (Å²) in [7, 11) is 3.27. The second-order valence-corrected chi connectivity index (χ2v) is 7.09. The Hall–Kier alpha value is -4.33. The lowest BCUT2D eigenvalue weighted by molar-refractivity contribution is 0.0519. The van der Waals surface area contributed by atoms with Gasteiger partial charge in [0.2, 0.25) is 0 Å². The zero-order valence-electron chi connectivity index (χ0n) is 18.6. The molecule has 0 aliphatic carbocycles.